The highest BCUT2D eigenvalue weighted by Crippen LogP contribution is 2.11. The first kappa shape index (κ1) is 18.9. The van der Waals surface area contributed by atoms with Gasteiger partial charge >= 0.3 is 0 Å². The summed E-state index contributed by atoms with van der Waals surface area (Å²) in [5, 5.41) is 12.5. The van der Waals surface area contributed by atoms with Gasteiger partial charge in [0.05, 0.1) is 6.54 Å². The number of aliphatic hydroxyl groups excluding tert-OH is 1. The van der Waals surface area contributed by atoms with Gasteiger partial charge < -0.3 is 15.2 Å². The lowest BCUT2D eigenvalue weighted by molar-refractivity contribution is -0.122. The normalized spacial score (nSPS) is 12.0. The quantitative estimate of drug-likeness (QED) is 0.727. The molecule has 2 rings (SSSR count). The molecule has 5 nitrogen and oxygen atoms in total. The summed E-state index contributed by atoms with van der Waals surface area (Å²) in [5.41, 5.74) is 1.13. The molecule has 25 heavy (non-hydrogen) atoms. The Morgan fingerprint density at radius 3 is 2.72 bits per heavy atom. The molecule has 0 bridgehead atoms. The lowest BCUT2D eigenvalue weighted by Gasteiger charge is -2.17. The average Bonchev–Trinajstić information content (AvgIpc) is 2.59. The van der Waals surface area contributed by atoms with Gasteiger partial charge in [-0.1, -0.05) is 36.4 Å². The van der Waals surface area contributed by atoms with E-state index in [1.807, 2.05) is 42.3 Å². The zero-order valence-corrected chi connectivity index (χ0v) is 14.2. The summed E-state index contributed by atoms with van der Waals surface area (Å²) in [5.74, 6) is -0.238. The molecule has 0 heterocycles. The van der Waals surface area contributed by atoms with Crippen LogP contribution in [0.25, 0.3) is 0 Å². The van der Waals surface area contributed by atoms with Crippen molar-refractivity contribution >= 4 is 5.91 Å². The van der Waals surface area contributed by atoms with Crippen LogP contribution in [0.15, 0.2) is 54.6 Å². The summed E-state index contributed by atoms with van der Waals surface area (Å²) in [6, 6.07) is 15.6. The molecular weight excluding hydrogens is 323 g/mol. The van der Waals surface area contributed by atoms with Gasteiger partial charge in [0, 0.05) is 19.2 Å². The molecule has 0 fully saturated rings. The van der Waals surface area contributed by atoms with Crippen molar-refractivity contribution in [3.8, 4) is 5.75 Å². The largest absolute Gasteiger partial charge is 0.491 e. The highest BCUT2D eigenvalue weighted by atomic mass is 19.1. The number of rotatable bonds is 9. The fourth-order valence-electron chi connectivity index (χ4n) is 2.29. The second kappa shape index (κ2) is 9.76. The maximum absolute atomic E-state index is 13.0. The van der Waals surface area contributed by atoms with Crippen molar-refractivity contribution in [1.29, 1.82) is 0 Å². The molecule has 0 saturated carbocycles. The van der Waals surface area contributed by atoms with E-state index in [-0.39, 0.29) is 25.6 Å². The Balaban J connectivity index is 1.65. The van der Waals surface area contributed by atoms with E-state index in [0.29, 0.717) is 12.3 Å². The van der Waals surface area contributed by atoms with E-state index in [2.05, 4.69) is 5.32 Å². The predicted molar refractivity (Wildman–Crippen MR) is 93.7 cm³/mol. The molecule has 0 saturated heterocycles. The van der Waals surface area contributed by atoms with Crippen LogP contribution in [0.4, 0.5) is 4.39 Å². The van der Waals surface area contributed by atoms with Gasteiger partial charge in [0.15, 0.2) is 0 Å². The van der Waals surface area contributed by atoms with Crippen molar-refractivity contribution < 1.29 is 19.0 Å². The summed E-state index contributed by atoms with van der Waals surface area (Å²) >= 11 is 0. The van der Waals surface area contributed by atoms with Gasteiger partial charge in [-0.05, 0) is 24.7 Å². The standard InChI is InChI=1S/C19H23FN2O3/c1-22(12-15-6-3-2-4-7-15)13-19(24)21-11-17(23)14-25-18-9-5-8-16(20)10-18/h2-10,17,23H,11-14H2,1H3,(H,21,24)/t17-/m0/s1. The molecular formula is C19H23FN2O3. The monoisotopic (exact) mass is 346 g/mol. The Kier molecular flexibility index (Phi) is 7.37. The van der Waals surface area contributed by atoms with E-state index in [1.54, 1.807) is 6.07 Å². The van der Waals surface area contributed by atoms with Crippen LogP contribution in [0.3, 0.4) is 0 Å². The number of nitrogens with zero attached hydrogens (tertiary/aromatic N) is 1. The zero-order valence-electron chi connectivity index (χ0n) is 14.2. The van der Waals surface area contributed by atoms with Crippen molar-refractivity contribution in [3.63, 3.8) is 0 Å². The van der Waals surface area contributed by atoms with Crippen molar-refractivity contribution in [2.45, 2.75) is 12.6 Å². The number of benzene rings is 2. The van der Waals surface area contributed by atoms with E-state index in [9.17, 15) is 14.3 Å². The second-order valence-corrected chi connectivity index (χ2v) is 5.88. The number of carbonyl (C=O) groups excluding carboxylic acids is 1. The highest BCUT2D eigenvalue weighted by molar-refractivity contribution is 5.77. The zero-order chi connectivity index (χ0) is 18.1. The summed E-state index contributed by atoms with van der Waals surface area (Å²) in [6.07, 6.45) is -0.869. The molecule has 0 radical (unpaired) electrons. The van der Waals surface area contributed by atoms with Crippen molar-refractivity contribution in [3.05, 3.63) is 66.0 Å². The topological polar surface area (TPSA) is 61.8 Å². The third-order valence-corrected chi connectivity index (χ3v) is 3.48. The first-order valence-corrected chi connectivity index (χ1v) is 8.08. The Morgan fingerprint density at radius 2 is 2.00 bits per heavy atom. The molecule has 0 aliphatic carbocycles. The third kappa shape index (κ3) is 7.32. The van der Waals surface area contributed by atoms with E-state index in [0.717, 1.165) is 5.56 Å². The van der Waals surface area contributed by atoms with Gasteiger partial charge in [-0.25, -0.2) is 4.39 Å². The van der Waals surface area contributed by atoms with Gasteiger partial charge in [-0.3, -0.25) is 9.69 Å². The fourth-order valence-corrected chi connectivity index (χ4v) is 2.29. The van der Waals surface area contributed by atoms with Crippen LogP contribution in [0, 0.1) is 5.82 Å². The molecule has 134 valence electrons. The third-order valence-electron chi connectivity index (χ3n) is 3.48. The Bertz CT molecular complexity index is 667. The smallest absolute Gasteiger partial charge is 0.234 e. The molecule has 2 aromatic rings. The average molecular weight is 346 g/mol. The molecule has 0 unspecified atom stereocenters. The van der Waals surface area contributed by atoms with Crippen LogP contribution >= 0.6 is 0 Å². The van der Waals surface area contributed by atoms with Crippen LogP contribution in [0.2, 0.25) is 0 Å². The number of hydrogen-bond acceptors (Lipinski definition) is 4. The lowest BCUT2D eigenvalue weighted by Crippen LogP contribution is -2.40. The summed E-state index contributed by atoms with van der Waals surface area (Å²) in [7, 11) is 1.86. The number of hydrogen-bond donors (Lipinski definition) is 2. The summed E-state index contributed by atoms with van der Waals surface area (Å²) in [6.45, 7) is 0.947. The first-order chi connectivity index (χ1) is 12.0. The van der Waals surface area contributed by atoms with Crippen molar-refractivity contribution in [1.82, 2.24) is 10.2 Å². The van der Waals surface area contributed by atoms with Crippen LogP contribution in [0.1, 0.15) is 5.56 Å². The number of nitrogens with one attached hydrogen (secondary N) is 1. The lowest BCUT2D eigenvalue weighted by atomic mass is 10.2. The Labute approximate surface area is 147 Å². The van der Waals surface area contributed by atoms with E-state index in [1.165, 1.54) is 18.2 Å². The molecule has 0 spiro atoms. The van der Waals surface area contributed by atoms with Gasteiger partial charge in [-0.2, -0.15) is 0 Å². The maximum Gasteiger partial charge on any atom is 0.234 e. The maximum atomic E-state index is 13.0. The Morgan fingerprint density at radius 1 is 1.24 bits per heavy atom. The van der Waals surface area contributed by atoms with E-state index in [4.69, 9.17) is 4.74 Å². The summed E-state index contributed by atoms with van der Waals surface area (Å²) in [4.78, 5) is 13.8. The minimum absolute atomic E-state index is 0.0242. The number of aliphatic hydroxyl groups is 1. The molecule has 0 aliphatic heterocycles. The van der Waals surface area contributed by atoms with Crippen LogP contribution in [-0.2, 0) is 11.3 Å². The van der Waals surface area contributed by atoms with Gasteiger partial charge in [0.25, 0.3) is 0 Å². The summed E-state index contributed by atoms with van der Waals surface area (Å²) < 4.78 is 18.3. The molecule has 2 N–H and O–H groups in total. The molecule has 2 aromatic carbocycles. The number of amides is 1. The number of carbonyl (C=O) groups is 1. The minimum Gasteiger partial charge on any atom is -0.491 e. The van der Waals surface area contributed by atoms with Crippen LogP contribution < -0.4 is 10.1 Å². The first-order valence-electron chi connectivity index (χ1n) is 8.08. The van der Waals surface area contributed by atoms with Crippen molar-refractivity contribution in [2.75, 3.05) is 26.7 Å². The number of ether oxygens (including phenoxy) is 1. The molecule has 0 aliphatic rings. The predicted octanol–water partition coefficient (Wildman–Crippen LogP) is 1.81. The van der Waals surface area contributed by atoms with Crippen LogP contribution in [0.5, 0.6) is 5.75 Å². The fraction of sp³-hybridized carbons (Fsp3) is 0.316. The SMILES string of the molecule is CN(CC(=O)NC[C@H](O)COc1cccc(F)c1)Cc1ccccc1. The number of likely N-dealkylation sites (N-methyl/N-ethyl adjacent to an activating group) is 1. The van der Waals surface area contributed by atoms with E-state index >= 15 is 0 Å². The molecule has 1 amide bonds. The Hall–Kier alpha value is -2.44. The molecule has 0 aromatic heterocycles. The number of halogens is 1. The van der Waals surface area contributed by atoms with Gasteiger partial charge in [0.2, 0.25) is 5.91 Å². The van der Waals surface area contributed by atoms with Gasteiger partial charge in [-0.15, -0.1) is 0 Å². The van der Waals surface area contributed by atoms with Crippen LogP contribution in [-0.4, -0.2) is 48.8 Å². The molecule has 1 atom stereocenters. The molecule has 6 heteroatoms. The second-order valence-electron chi connectivity index (χ2n) is 5.88. The minimum atomic E-state index is -0.869. The highest BCUT2D eigenvalue weighted by Gasteiger charge is 2.10. The van der Waals surface area contributed by atoms with E-state index < -0.39 is 11.9 Å². The van der Waals surface area contributed by atoms with Gasteiger partial charge in [0.1, 0.15) is 24.3 Å². The van der Waals surface area contributed by atoms with Crippen molar-refractivity contribution in [2.24, 2.45) is 0 Å².